The SMILES string of the molecule is CCC(CC)N(CCO)c1cnccc1C#N. The van der Waals surface area contributed by atoms with E-state index in [0.717, 1.165) is 18.5 Å². The number of nitriles is 1. The minimum Gasteiger partial charge on any atom is -0.395 e. The summed E-state index contributed by atoms with van der Waals surface area (Å²) in [7, 11) is 0. The van der Waals surface area contributed by atoms with Crippen LogP contribution in [0.15, 0.2) is 18.5 Å². The number of rotatable bonds is 6. The van der Waals surface area contributed by atoms with Crippen LogP contribution in [0.1, 0.15) is 32.3 Å². The Hall–Kier alpha value is -1.60. The fourth-order valence-electron chi connectivity index (χ4n) is 2.05. The summed E-state index contributed by atoms with van der Waals surface area (Å²) in [5.74, 6) is 0. The Labute approximate surface area is 103 Å². The van der Waals surface area contributed by atoms with E-state index in [1.165, 1.54) is 0 Å². The van der Waals surface area contributed by atoms with Gasteiger partial charge in [-0.05, 0) is 18.9 Å². The van der Waals surface area contributed by atoms with Crippen molar-refractivity contribution < 1.29 is 5.11 Å². The second kappa shape index (κ2) is 6.87. The molecule has 0 atom stereocenters. The van der Waals surface area contributed by atoms with Gasteiger partial charge in [0, 0.05) is 18.8 Å². The van der Waals surface area contributed by atoms with Gasteiger partial charge in [0.05, 0.1) is 24.1 Å². The van der Waals surface area contributed by atoms with Crippen LogP contribution in [-0.2, 0) is 0 Å². The third kappa shape index (κ3) is 3.18. The number of aromatic nitrogens is 1. The maximum Gasteiger partial charge on any atom is 0.101 e. The van der Waals surface area contributed by atoms with Gasteiger partial charge in [0.15, 0.2) is 0 Å². The maximum absolute atomic E-state index is 9.16. The van der Waals surface area contributed by atoms with E-state index in [4.69, 9.17) is 10.4 Å². The second-order valence-electron chi connectivity index (χ2n) is 3.89. The first kappa shape index (κ1) is 13.5. The summed E-state index contributed by atoms with van der Waals surface area (Å²) in [5.41, 5.74) is 1.43. The Bertz CT molecular complexity index is 382. The zero-order valence-electron chi connectivity index (χ0n) is 10.4. The molecule has 4 heteroatoms. The summed E-state index contributed by atoms with van der Waals surface area (Å²) in [5, 5.41) is 18.3. The van der Waals surface area contributed by atoms with Crippen LogP contribution in [-0.4, -0.2) is 29.3 Å². The summed E-state index contributed by atoms with van der Waals surface area (Å²) in [6.07, 6.45) is 5.28. The number of aliphatic hydroxyl groups is 1. The number of aliphatic hydroxyl groups excluding tert-OH is 1. The third-order valence-electron chi connectivity index (χ3n) is 2.95. The zero-order chi connectivity index (χ0) is 12.7. The summed E-state index contributed by atoms with van der Waals surface area (Å²) in [6.45, 7) is 4.84. The van der Waals surface area contributed by atoms with Crippen LogP contribution in [0, 0.1) is 11.3 Å². The molecule has 0 fully saturated rings. The van der Waals surface area contributed by atoms with Gasteiger partial charge in [0.25, 0.3) is 0 Å². The molecule has 0 aliphatic heterocycles. The van der Waals surface area contributed by atoms with Gasteiger partial charge in [-0.3, -0.25) is 4.98 Å². The third-order valence-corrected chi connectivity index (χ3v) is 2.95. The molecule has 1 rings (SSSR count). The standard InChI is InChI=1S/C13H19N3O/c1-3-12(4-2)16(7-8-17)13-10-15-6-5-11(13)9-14/h5-6,10,12,17H,3-4,7-8H2,1-2H3. The fourth-order valence-corrected chi connectivity index (χ4v) is 2.05. The van der Waals surface area contributed by atoms with Gasteiger partial charge in [0.2, 0.25) is 0 Å². The number of anilines is 1. The Morgan fingerprint density at radius 2 is 2.18 bits per heavy atom. The van der Waals surface area contributed by atoms with Crippen LogP contribution in [0.25, 0.3) is 0 Å². The van der Waals surface area contributed by atoms with E-state index >= 15 is 0 Å². The summed E-state index contributed by atoms with van der Waals surface area (Å²) >= 11 is 0. The molecule has 1 N–H and O–H groups in total. The molecule has 0 spiro atoms. The first-order chi connectivity index (χ1) is 8.28. The topological polar surface area (TPSA) is 60.1 Å². The molecule has 92 valence electrons. The number of hydrogen-bond donors (Lipinski definition) is 1. The summed E-state index contributed by atoms with van der Waals surface area (Å²) in [6, 6.07) is 4.22. The molecule has 0 unspecified atom stereocenters. The maximum atomic E-state index is 9.16. The second-order valence-corrected chi connectivity index (χ2v) is 3.89. The van der Waals surface area contributed by atoms with E-state index in [1.54, 1.807) is 18.5 Å². The lowest BCUT2D eigenvalue weighted by molar-refractivity contribution is 0.296. The molecule has 0 saturated carbocycles. The highest BCUT2D eigenvalue weighted by Gasteiger charge is 2.18. The molecule has 0 saturated heterocycles. The van der Waals surface area contributed by atoms with Crippen molar-refractivity contribution in [1.29, 1.82) is 5.26 Å². The van der Waals surface area contributed by atoms with E-state index < -0.39 is 0 Å². The molecule has 0 aliphatic carbocycles. The Morgan fingerprint density at radius 1 is 1.47 bits per heavy atom. The van der Waals surface area contributed by atoms with E-state index in [0.29, 0.717) is 18.2 Å². The van der Waals surface area contributed by atoms with Crippen molar-refractivity contribution in [2.45, 2.75) is 32.7 Å². The van der Waals surface area contributed by atoms with Gasteiger partial charge in [0.1, 0.15) is 6.07 Å². The van der Waals surface area contributed by atoms with E-state index in [-0.39, 0.29) is 6.61 Å². The molecule has 1 aromatic heterocycles. The molecule has 0 amide bonds. The van der Waals surface area contributed by atoms with Gasteiger partial charge in [-0.2, -0.15) is 5.26 Å². The van der Waals surface area contributed by atoms with Crippen molar-refractivity contribution in [2.75, 3.05) is 18.1 Å². The molecular weight excluding hydrogens is 214 g/mol. The van der Waals surface area contributed by atoms with Gasteiger partial charge in [-0.1, -0.05) is 13.8 Å². The summed E-state index contributed by atoms with van der Waals surface area (Å²) in [4.78, 5) is 6.15. The molecule has 4 nitrogen and oxygen atoms in total. The molecule has 0 aromatic carbocycles. The van der Waals surface area contributed by atoms with Crippen molar-refractivity contribution in [3.8, 4) is 6.07 Å². The van der Waals surface area contributed by atoms with Crippen molar-refractivity contribution in [2.24, 2.45) is 0 Å². The predicted molar refractivity (Wildman–Crippen MR) is 67.8 cm³/mol. The van der Waals surface area contributed by atoms with E-state index in [9.17, 15) is 0 Å². The van der Waals surface area contributed by atoms with Crippen LogP contribution in [0.3, 0.4) is 0 Å². The average molecular weight is 233 g/mol. The lowest BCUT2D eigenvalue weighted by Crippen LogP contribution is -2.37. The molecule has 0 radical (unpaired) electrons. The van der Waals surface area contributed by atoms with Gasteiger partial charge < -0.3 is 10.0 Å². The smallest absolute Gasteiger partial charge is 0.101 e. The highest BCUT2D eigenvalue weighted by molar-refractivity contribution is 5.58. The monoisotopic (exact) mass is 233 g/mol. The minimum absolute atomic E-state index is 0.0796. The Kier molecular flexibility index (Phi) is 5.44. The van der Waals surface area contributed by atoms with Crippen molar-refractivity contribution in [3.05, 3.63) is 24.0 Å². The first-order valence-corrected chi connectivity index (χ1v) is 6.00. The Balaban J connectivity index is 3.09. The lowest BCUT2D eigenvalue weighted by Gasteiger charge is -2.32. The number of pyridine rings is 1. The molecule has 1 aromatic rings. The van der Waals surface area contributed by atoms with E-state index in [2.05, 4.69) is 29.8 Å². The van der Waals surface area contributed by atoms with Crippen LogP contribution in [0.5, 0.6) is 0 Å². The zero-order valence-corrected chi connectivity index (χ0v) is 10.4. The number of nitrogens with zero attached hydrogens (tertiary/aromatic N) is 3. The van der Waals surface area contributed by atoms with Gasteiger partial charge in [-0.25, -0.2) is 0 Å². The summed E-state index contributed by atoms with van der Waals surface area (Å²) < 4.78 is 0. The highest BCUT2D eigenvalue weighted by atomic mass is 16.3. The number of hydrogen-bond acceptors (Lipinski definition) is 4. The lowest BCUT2D eigenvalue weighted by atomic mass is 10.1. The van der Waals surface area contributed by atoms with Gasteiger partial charge in [-0.15, -0.1) is 0 Å². The minimum atomic E-state index is 0.0796. The van der Waals surface area contributed by atoms with Crippen LogP contribution in [0.4, 0.5) is 5.69 Å². The highest BCUT2D eigenvalue weighted by Crippen LogP contribution is 2.23. The molecule has 1 heterocycles. The Morgan fingerprint density at radius 3 is 2.71 bits per heavy atom. The normalized spacial score (nSPS) is 10.3. The van der Waals surface area contributed by atoms with E-state index in [1.807, 2.05) is 0 Å². The molecule has 0 bridgehead atoms. The quantitative estimate of drug-likeness (QED) is 0.815. The van der Waals surface area contributed by atoms with Gasteiger partial charge >= 0.3 is 0 Å². The molecule has 0 aliphatic rings. The largest absolute Gasteiger partial charge is 0.395 e. The van der Waals surface area contributed by atoms with Crippen molar-refractivity contribution >= 4 is 5.69 Å². The fraction of sp³-hybridized carbons (Fsp3) is 0.538. The molecule has 17 heavy (non-hydrogen) atoms. The average Bonchev–Trinajstić information content (AvgIpc) is 2.39. The van der Waals surface area contributed by atoms with Crippen molar-refractivity contribution in [1.82, 2.24) is 4.98 Å². The predicted octanol–water partition coefficient (Wildman–Crippen LogP) is 1.94. The van der Waals surface area contributed by atoms with Crippen molar-refractivity contribution in [3.63, 3.8) is 0 Å². The first-order valence-electron chi connectivity index (χ1n) is 6.00. The molecular formula is C13H19N3O. The van der Waals surface area contributed by atoms with Crippen LogP contribution < -0.4 is 4.90 Å². The van der Waals surface area contributed by atoms with Crippen LogP contribution >= 0.6 is 0 Å². The van der Waals surface area contributed by atoms with Crippen LogP contribution in [0.2, 0.25) is 0 Å².